The fraction of sp³-hybridized carbons (Fsp3) is 0.615. The molecule has 0 saturated carbocycles. The first-order valence-electron chi connectivity index (χ1n) is 6.09. The number of carbonyl (C=O) groups is 1. The normalized spacial score (nSPS) is 16.3. The van der Waals surface area contributed by atoms with Crippen molar-refractivity contribution in [3.05, 3.63) is 19.8 Å². The Morgan fingerprint density at radius 1 is 1.33 bits per heavy atom. The smallest absolute Gasteiger partial charge is 0.407 e. The van der Waals surface area contributed by atoms with Gasteiger partial charge in [0.15, 0.2) is 0 Å². The number of hydrogen-bond donors (Lipinski definition) is 1. The van der Waals surface area contributed by atoms with Gasteiger partial charge in [0.1, 0.15) is 0 Å². The second-order valence-electron chi connectivity index (χ2n) is 5.67. The maximum Gasteiger partial charge on any atom is 0.407 e. The average molecular weight is 332 g/mol. The molecule has 0 unspecified atom stereocenters. The van der Waals surface area contributed by atoms with Crippen LogP contribution in [0.3, 0.4) is 0 Å². The van der Waals surface area contributed by atoms with E-state index in [1.165, 1.54) is 24.7 Å². The summed E-state index contributed by atoms with van der Waals surface area (Å²) in [6.07, 6.45) is 0.860. The predicted molar refractivity (Wildman–Crippen MR) is 77.7 cm³/mol. The molecule has 0 atom stereocenters. The van der Waals surface area contributed by atoms with Crippen molar-refractivity contribution in [2.24, 2.45) is 0 Å². The number of fused-ring (bicyclic) bond motifs is 1. The van der Waals surface area contributed by atoms with E-state index in [4.69, 9.17) is 5.11 Å². The van der Waals surface area contributed by atoms with Crippen LogP contribution in [0.5, 0.6) is 0 Å². The Labute approximate surface area is 120 Å². The zero-order valence-corrected chi connectivity index (χ0v) is 13.3. The number of halogens is 1. The van der Waals surface area contributed by atoms with Crippen LogP contribution in [0, 0.1) is 0 Å². The fourth-order valence-electron chi connectivity index (χ4n) is 2.48. The molecule has 0 bridgehead atoms. The van der Waals surface area contributed by atoms with E-state index >= 15 is 0 Å². The van der Waals surface area contributed by atoms with Crippen molar-refractivity contribution in [3.63, 3.8) is 0 Å². The Morgan fingerprint density at radius 2 is 1.94 bits per heavy atom. The lowest BCUT2D eigenvalue weighted by Crippen LogP contribution is -2.31. The van der Waals surface area contributed by atoms with Gasteiger partial charge in [0, 0.05) is 18.0 Å². The third-order valence-electron chi connectivity index (χ3n) is 3.31. The summed E-state index contributed by atoms with van der Waals surface area (Å²) in [5.41, 5.74) is 2.82. The Balaban J connectivity index is 2.36. The molecule has 5 heteroatoms. The maximum absolute atomic E-state index is 11.0. The van der Waals surface area contributed by atoms with E-state index in [1.54, 1.807) is 11.3 Å². The molecule has 100 valence electrons. The summed E-state index contributed by atoms with van der Waals surface area (Å²) < 4.78 is 1.21. The monoisotopic (exact) mass is 331 g/mol. The van der Waals surface area contributed by atoms with Gasteiger partial charge in [-0.05, 0) is 45.3 Å². The number of carboxylic acid groups (broad SMARTS) is 1. The molecule has 0 fully saturated rings. The summed E-state index contributed by atoms with van der Waals surface area (Å²) in [6, 6.07) is 0. The number of rotatable bonds is 0. The van der Waals surface area contributed by atoms with Crippen LogP contribution in [-0.4, -0.2) is 29.2 Å². The highest BCUT2D eigenvalue weighted by Gasteiger charge is 2.28. The number of amides is 1. The first kappa shape index (κ1) is 13.9. The van der Waals surface area contributed by atoms with Gasteiger partial charge in [0.2, 0.25) is 0 Å². The summed E-state index contributed by atoms with van der Waals surface area (Å²) >= 11 is 5.44. The molecule has 18 heavy (non-hydrogen) atoms. The maximum atomic E-state index is 11.0. The van der Waals surface area contributed by atoms with E-state index in [-0.39, 0.29) is 5.41 Å². The summed E-state index contributed by atoms with van der Waals surface area (Å²) in [6.45, 7) is 7.84. The molecule has 0 spiro atoms. The SMILES string of the molecule is CC(C)(C)c1c(Br)sc2c1CCN(C(=O)O)CC2. The van der Waals surface area contributed by atoms with Crippen LogP contribution >= 0.6 is 27.3 Å². The minimum absolute atomic E-state index is 0.0985. The molecule has 1 aliphatic heterocycles. The summed E-state index contributed by atoms with van der Waals surface area (Å²) in [4.78, 5) is 13.9. The van der Waals surface area contributed by atoms with Gasteiger partial charge in [-0.1, -0.05) is 20.8 Å². The van der Waals surface area contributed by atoms with Crippen molar-refractivity contribution in [3.8, 4) is 0 Å². The quantitative estimate of drug-likeness (QED) is 0.783. The van der Waals surface area contributed by atoms with Crippen molar-refractivity contribution in [2.75, 3.05) is 13.1 Å². The van der Waals surface area contributed by atoms with Gasteiger partial charge in [-0.3, -0.25) is 0 Å². The highest BCUT2D eigenvalue weighted by molar-refractivity contribution is 9.11. The second kappa shape index (κ2) is 4.85. The molecule has 1 N–H and O–H groups in total. The largest absolute Gasteiger partial charge is 0.465 e. The van der Waals surface area contributed by atoms with E-state index in [9.17, 15) is 4.79 Å². The van der Waals surface area contributed by atoms with E-state index in [2.05, 4.69) is 36.7 Å². The van der Waals surface area contributed by atoms with Crippen molar-refractivity contribution < 1.29 is 9.90 Å². The second-order valence-corrected chi connectivity index (χ2v) is 8.10. The zero-order valence-electron chi connectivity index (χ0n) is 10.9. The van der Waals surface area contributed by atoms with Crippen LogP contribution < -0.4 is 0 Å². The molecule has 0 saturated heterocycles. The van der Waals surface area contributed by atoms with Gasteiger partial charge in [0.05, 0.1) is 3.79 Å². The third-order valence-corrected chi connectivity index (χ3v) is 5.27. The molecule has 1 amide bonds. The van der Waals surface area contributed by atoms with Gasteiger partial charge in [-0.25, -0.2) is 4.79 Å². The third kappa shape index (κ3) is 2.57. The van der Waals surface area contributed by atoms with E-state index in [0.29, 0.717) is 13.1 Å². The van der Waals surface area contributed by atoms with Gasteiger partial charge < -0.3 is 10.0 Å². The van der Waals surface area contributed by atoms with Crippen LogP contribution in [0.15, 0.2) is 3.79 Å². The molecule has 2 heterocycles. The molecular formula is C13H18BrNO2S. The lowest BCUT2D eigenvalue weighted by atomic mass is 9.85. The Morgan fingerprint density at radius 3 is 2.50 bits per heavy atom. The first-order chi connectivity index (χ1) is 8.30. The van der Waals surface area contributed by atoms with E-state index in [0.717, 1.165) is 12.8 Å². The zero-order chi connectivity index (χ0) is 13.5. The molecule has 0 radical (unpaired) electrons. The predicted octanol–water partition coefficient (Wildman–Crippen LogP) is 3.89. The summed E-state index contributed by atoms with van der Waals surface area (Å²) in [5, 5.41) is 9.08. The van der Waals surface area contributed by atoms with E-state index < -0.39 is 6.09 Å². The van der Waals surface area contributed by atoms with Crippen molar-refractivity contribution in [2.45, 2.75) is 39.0 Å². The van der Waals surface area contributed by atoms with Crippen molar-refractivity contribution in [1.82, 2.24) is 4.90 Å². The van der Waals surface area contributed by atoms with Crippen LogP contribution in [0.25, 0.3) is 0 Å². The molecule has 1 aromatic heterocycles. The minimum atomic E-state index is -0.804. The number of hydrogen-bond acceptors (Lipinski definition) is 2. The molecule has 3 nitrogen and oxygen atoms in total. The van der Waals surface area contributed by atoms with Crippen LogP contribution in [-0.2, 0) is 18.3 Å². The summed E-state index contributed by atoms with van der Waals surface area (Å²) in [5.74, 6) is 0. The lowest BCUT2D eigenvalue weighted by molar-refractivity contribution is 0.147. The molecule has 1 aromatic rings. The number of thiophene rings is 1. The first-order valence-corrected chi connectivity index (χ1v) is 7.70. The average Bonchev–Trinajstić information content (AvgIpc) is 2.41. The molecule has 0 aliphatic carbocycles. The van der Waals surface area contributed by atoms with Gasteiger partial charge in [0.25, 0.3) is 0 Å². The standard InChI is InChI=1S/C13H18BrNO2S/c1-13(2,3)10-8-4-6-15(12(16)17)7-5-9(8)18-11(10)14/h4-7H2,1-3H3,(H,16,17). The van der Waals surface area contributed by atoms with Crippen molar-refractivity contribution >= 4 is 33.4 Å². The van der Waals surface area contributed by atoms with Gasteiger partial charge in [-0.15, -0.1) is 11.3 Å². The number of nitrogens with zero attached hydrogens (tertiary/aromatic N) is 1. The summed E-state index contributed by atoms with van der Waals surface area (Å²) in [7, 11) is 0. The van der Waals surface area contributed by atoms with Gasteiger partial charge in [-0.2, -0.15) is 0 Å². The Bertz CT molecular complexity index is 476. The van der Waals surface area contributed by atoms with E-state index in [1.807, 2.05) is 0 Å². The topological polar surface area (TPSA) is 40.5 Å². The molecular weight excluding hydrogens is 314 g/mol. The van der Waals surface area contributed by atoms with Crippen LogP contribution in [0.4, 0.5) is 4.79 Å². The Hall–Kier alpha value is -0.550. The van der Waals surface area contributed by atoms with Crippen molar-refractivity contribution in [1.29, 1.82) is 0 Å². The Kier molecular flexibility index (Phi) is 3.74. The van der Waals surface area contributed by atoms with Gasteiger partial charge >= 0.3 is 6.09 Å². The highest BCUT2D eigenvalue weighted by atomic mass is 79.9. The molecule has 0 aromatic carbocycles. The fourth-order valence-corrected chi connectivity index (χ4v) is 5.17. The van der Waals surface area contributed by atoms with Crippen LogP contribution in [0.2, 0.25) is 0 Å². The molecule has 1 aliphatic rings. The van der Waals surface area contributed by atoms with Crippen LogP contribution in [0.1, 0.15) is 36.8 Å². The molecule has 2 rings (SSSR count). The lowest BCUT2D eigenvalue weighted by Gasteiger charge is -2.21. The highest BCUT2D eigenvalue weighted by Crippen LogP contribution is 2.42. The minimum Gasteiger partial charge on any atom is -0.465 e.